The van der Waals surface area contributed by atoms with E-state index in [1.54, 1.807) is 24.3 Å². The van der Waals surface area contributed by atoms with Crippen molar-refractivity contribution >= 4 is 11.9 Å². The summed E-state index contributed by atoms with van der Waals surface area (Å²) < 4.78 is 16.4. The second-order valence-corrected chi connectivity index (χ2v) is 7.37. The molecule has 0 bridgehead atoms. The van der Waals surface area contributed by atoms with Gasteiger partial charge in [0.05, 0.1) is 17.7 Å². The molecule has 0 aliphatic carbocycles. The van der Waals surface area contributed by atoms with E-state index in [1.165, 1.54) is 0 Å². The SMILES string of the molecule is CCC[C@H](NC(=O)COC(=O)c1ccc(OC[C@@H]2CCCO2)cc1)c1ccccc1. The standard InChI is InChI=1S/C24H29NO5/c1-2-7-22(18-8-4-3-5-9-18)25-23(26)17-30-24(27)19-11-13-20(14-12-19)29-16-21-10-6-15-28-21/h3-5,8-9,11-14,21-22H,2,6-7,10,15-17H2,1H3,(H,25,26)/t21-,22-/m0/s1. The summed E-state index contributed by atoms with van der Waals surface area (Å²) in [6, 6.07) is 16.4. The van der Waals surface area contributed by atoms with Crippen LogP contribution >= 0.6 is 0 Å². The van der Waals surface area contributed by atoms with Crippen LogP contribution < -0.4 is 10.1 Å². The van der Waals surface area contributed by atoms with Crippen molar-refractivity contribution < 1.29 is 23.8 Å². The van der Waals surface area contributed by atoms with Gasteiger partial charge in [0.25, 0.3) is 5.91 Å². The predicted molar refractivity (Wildman–Crippen MR) is 113 cm³/mol. The predicted octanol–water partition coefficient (Wildman–Crippen LogP) is 4.06. The van der Waals surface area contributed by atoms with Gasteiger partial charge in [0.15, 0.2) is 6.61 Å². The molecule has 3 rings (SSSR count). The van der Waals surface area contributed by atoms with Crippen LogP contribution in [0.4, 0.5) is 0 Å². The van der Waals surface area contributed by atoms with Crippen LogP contribution in [0.3, 0.4) is 0 Å². The molecule has 1 saturated heterocycles. The Balaban J connectivity index is 1.45. The van der Waals surface area contributed by atoms with E-state index in [0.717, 1.165) is 37.9 Å². The van der Waals surface area contributed by atoms with E-state index in [2.05, 4.69) is 12.2 Å². The third kappa shape index (κ3) is 6.59. The number of carbonyl (C=O) groups excluding carboxylic acids is 2. The van der Waals surface area contributed by atoms with Crippen molar-refractivity contribution in [3.05, 3.63) is 65.7 Å². The van der Waals surface area contributed by atoms with Crippen molar-refractivity contribution in [3.8, 4) is 5.75 Å². The third-order valence-electron chi connectivity index (χ3n) is 5.00. The Morgan fingerprint density at radius 1 is 1.13 bits per heavy atom. The van der Waals surface area contributed by atoms with Crippen molar-refractivity contribution in [3.63, 3.8) is 0 Å². The van der Waals surface area contributed by atoms with Crippen LogP contribution in [0, 0.1) is 0 Å². The topological polar surface area (TPSA) is 73.9 Å². The number of ether oxygens (including phenoxy) is 3. The zero-order chi connectivity index (χ0) is 21.2. The first-order chi connectivity index (χ1) is 14.7. The Morgan fingerprint density at radius 3 is 2.57 bits per heavy atom. The number of hydrogen-bond donors (Lipinski definition) is 1. The molecule has 1 aliphatic rings. The van der Waals surface area contributed by atoms with Crippen LogP contribution in [0.15, 0.2) is 54.6 Å². The largest absolute Gasteiger partial charge is 0.491 e. The Hall–Kier alpha value is -2.86. The molecular formula is C24H29NO5. The molecule has 6 heteroatoms. The molecule has 1 heterocycles. The van der Waals surface area contributed by atoms with Gasteiger partial charge in [-0.25, -0.2) is 4.79 Å². The Labute approximate surface area is 177 Å². The van der Waals surface area contributed by atoms with Gasteiger partial charge in [-0.15, -0.1) is 0 Å². The summed E-state index contributed by atoms with van der Waals surface area (Å²) in [5.41, 5.74) is 1.41. The van der Waals surface area contributed by atoms with E-state index in [9.17, 15) is 9.59 Å². The van der Waals surface area contributed by atoms with Crippen molar-refractivity contribution in [2.75, 3.05) is 19.8 Å². The first kappa shape index (κ1) is 21.8. The maximum atomic E-state index is 12.3. The maximum absolute atomic E-state index is 12.3. The lowest BCUT2D eigenvalue weighted by Gasteiger charge is -2.18. The molecule has 1 aliphatic heterocycles. The fourth-order valence-electron chi connectivity index (χ4n) is 3.40. The highest BCUT2D eigenvalue weighted by atomic mass is 16.5. The van der Waals surface area contributed by atoms with Gasteiger partial charge in [-0.05, 0) is 49.1 Å². The quantitative estimate of drug-likeness (QED) is 0.597. The molecule has 6 nitrogen and oxygen atoms in total. The summed E-state index contributed by atoms with van der Waals surface area (Å²) in [6.45, 7) is 3.04. The Morgan fingerprint density at radius 2 is 1.90 bits per heavy atom. The van der Waals surface area contributed by atoms with Crippen LogP contribution in [0.5, 0.6) is 5.75 Å². The van der Waals surface area contributed by atoms with Gasteiger partial charge in [-0.1, -0.05) is 43.7 Å². The van der Waals surface area contributed by atoms with Gasteiger partial charge in [-0.3, -0.25) is 4.79 Å². The average Bonchev–Trinajstić information content (AvgIpc) is 3.30. The molecule has 2 atom stereocenters. The molecule has 0 radical (unpaired) electrons. The Bertz CT molecular complexity index is 800. The number of esters is 1. The molecular weight excluding hydrogens is 382 g/mol. The van der Waals surface area contributed by atoms with Gasteiger partial charge in [0, 0.05) is 6.61 Å². The summed E-state index contributed by atoms with van der Waals surface area (Å²) in [6.07, 6.45) is 3.96. The highest BCUT2D eigenvalue weighted by Crippen LogP contribution is 2.19. The first-order valence-corrected chi connectivity index (χ1v) is 10.5. The van der Waals surface area contributed by atoms with Crippen molar-refractivity contribution in [1.29, 1.82) is 0 Å². The lowest BCUT2D eigenvalue weighted by atomic mass is 10.0. The van der Waals surface area contributed by atoms with Gasteiger partial charge in [0.1, 0.15) is 12.4 Å². The van der Waals surface area contributed by atoms with Crippen LogP contribution in [-0.2, 0) is 14.3 Å². The van der Waals surface area contributed by atoms with Gasteiger partial charge in [-0.2, -0.15) is 0 Å². The third-order valence-corrected chi connectivity index (χ3v) is 5.00. The van der Waals surface area contributed by atoms with Gasteiger partial charge >= 0.3 is 5.97 Å². The van der Waals surface area contributed by atoms with E-state index in [0.29, 0.717) is 17.9 Å². The van der Waals surface area contributed by atoms with Crippen LogP contribution in [0.2, 0.25) is 0 Å². The van der Waals surface area contributed by atoms with E-state index >= 15 is 0 Å². The summed E-state index contributed by atoms with van der Waals surface area (Å²) in [4.78, 5) is 24.5. The maximum Gasteiger partial charge on any atom is 0.338 e. The highest BCUT2D eigenvalue weighted by Gasteiger charge is 2.17. The second-order valence-electron chi connectivity index (χ2n) is 7.37. The summed E-state index contributed by atoms with van der Waals surface area (Å²) in [7, 11) is 0. The smallest absolute Gasteiger partial charge is 0.338 e. The summed E-state index contributed by atoms with van der Waals surface area (Å²) >= 11 is 0. The van der Waals surface area contributed by atoms with E-state index in [-0.39, 0.29) is 24.7 Å². The lowest BCUT2D eigenvalue weighted by molar-refractivity contribution is -0.125. The number of hydrogen-bond acceptors (Lipinski definition) is 5. The number of rotatable bonds is 10. The molecule has 0 aromatic heterocycles. The lowest BCUT2D eigenvalue weighted by Crippen LogP contribution is -2.32. The molecule has 30 heavy (non-hydrogen) atoms. The monoisotopic (exact) mass is 411 g/mol. The summed E-state index contributed by atoms with van der Waals surface area (Å²) in [5, 5.41) is 2.95. The molecule has 0 saturated carbocycles. The number of amides is 1. The molecule has 2 aromatic rings. The molecule has 2 aromatic carbocycles. The van der Waals surface area contributed by atoms with Gasteiger partial charge < -0.3 is 19.5 Å². The number of carbonyl (C=O) groups is 2. The van der Waals surface area contributed by atoms with E-state index < -0.39 is 5.97 Å². The Kier molecular flexibility index (Phi) is 8.27. The minimum Gasteiger partial charge on any atom is -0.491 e. The van der Waals surface area contributed by atoms with Crippen LogP contribution in [0.25, 0.3) is 0 Å². The van der Waals surface area contributed by atoms with E-state index in [4.69, 9.17) is 14.2 Å². The fraction of sp³-hybridized carbons (Fsp3) is 0.417. The first-order valence-electron chi connectivity index (χ1n) is 10.5. The molecule has 0 unspecified atom stereocenters. The highest BCUT2D eigenvalue weighted by molar-refractivity contribution is 5.91. The number of benzene rings is 2. The normalized spacial score (nSPS) is 16.6. The van der Waals surface area contributed by atoms with Crippen molar-refractivity contribution in [2.24, 2.45) is 0 Å². The van der Waals surface area contributed by atoms with E-state index in [1.807, 2.05) is 30.3 Å². The van der Waals surface area contributed by atoms with Crippen LogP contribution in [0.1, 0.15) is 54.6 Å². The molecule has 1 N–H and O–H groups in total. The molecule has 0 spiro atoms. The zero-order valence-electron chi connectivity index (χ0n) is 17.3. The minimum absolute atomic E-state index is 0.0947. The van der Waals surface area contributed by atoms with Gasteiger partial charge in [0.2, 0.25) is 0 Å². The van der Waals surface area contributed by atoms with Crippen molar-refractivity contribution in [2.45, 2.75) is 44.8 Å². The minimum atomic E-state index is -0.539. The average molecular weight is 411 g/mol. The summed E-state index contributed by atoms with van der Waals surface area (Å²) in [5.74, 6) is -0.185. The molecule has 160 valence electrons. The molecule has 1 fully saturated rings. The fourth-order valence-corrected chi connectivity index (χ4v) is 3.40. The van der Waals surface area contributed by atoms with Crippen molar-refractivity contribution in [1.82, 2.24) is 5.32 Å². The number of nitrogens with one attached hydrogen (secondary N) is 1. The van der Waals surface area contributed by atoms with Crippen LogP contribution in [-0.4, -0.2) is 37.8 Å². The second kappa shape index (κ2) is 11.4. The molecule has 1 amide bonds. The zero-order valence-corrected chi connectivity index (χ0v) is 17.3.